The van der Waals surface area contributed by atoms with Crippen molar-refractivity contribution < 1.29 is 4.74 Å². The molecule has 19 heavy (non-hydrogen) atoms. The first-order valence-electron chi connectivity index (χ1n) is 7.26. The van der Waals surface area contributed by atoms with Gasteiger partial charge in [0.15, 0.2) is 0 Å². The van der Waals surface area contributed by atoms with E-state index in [1.807, 2.05) is 18.2 Å². The van der Waals surface area contributed by atoms with Crippen LogP contribution in [0.1, 0.15) is 50.6 Å². The molecular weight excluding hydrogens is 258 g/mol. The van der Waals surface area contributed by atoms with Gasteiger partial charge in [0.2, 0.25) is 0 Å². The van der Waals surface area contributed by atoms with Crippen molar-refractivity contribution in [3.63, 3.8) is 0 Å². The van der Waals surface area contributed by atoms with E-state index < -0.39 is 0 Å². The second-order valence-electron chi connectivity index (χ2n) is 5.53. The minimum Gasteiger partial charge on any atom is -0.496 e. The Balaban J connectivity index is 2.26. The van der Waals surface area contributed by atoms with Gasteiger partial charge in [-0.15, -0.1) is 0 Å². The fraction of sp³-hybridized carbons (Fsp3) is 0.625. The molecule has 0 radical (unpaired) electrons. The molecule has 1 aromatic carbocycles. The van der Waals surface area contributed by atoms with Crippen molar-refractivity contribution in [3.8, 4) is 5.75 Å². The minimum absolute atomic E-state index is 0.0268. The van der Waals surface area contributed by atoms with Crippen molar-refractivity contribution in [2.75, 3.05) is 7.11 Å². The van der Waals surface area contributed by atoms with Crippen LogP contribution in [0.3, 0.4) is 0 Å². The Labute approximate surface area is 121 Å². The van der Waals surface area contributed by atoms with E-state index in [1.54, 1.807) is 7.11 Å². The van der Waals surface area contributed by atoms with Gasteiger partial charge in [0.25, 0.3) is 0 Å². The molecule has 3 atom stereocenters. The summed E-state index contributed by atoms with van der Waals surface area (Å²) in [5.74, 6) is 2.14. The quantitative estimate of drug-likeness (QED) is 0.878. The SMILES string of the molecule is CCC1CCCCC1C(N)c1cc(Cl)ccc1OC. The van der Waals surface area contributed by atoms with Crippen molar-refractivity contribution in [2.45, 2.75) is 45.1 Å². The average Bonchev–Trinajstić information content (AvgIpc) is 2.46. The van der Waals surface area contributed by atoms with Crippen LogP contribution in [-0.4, -0.2) is 7.11 Å². The molecular formula is C16H24ClNO. The van der Waals surface area contributed by atoms with E-state index in [4.69, 9.17) is 22.1 Å². The molecule has 1 aliphatic carbocycles. The van der Waals surface area contributed by atoms with Gasteiger partial charge in [-0.3, -0.25) is 0 Å². The first kappa shape index (κ1) is 14.7. The standard InChI is InChI=1S/C16H24ClNO/c1-3-11-6-4-5-7-13(11)16(18)14-10-12(17)8-9-15(14)19-2/h8-11,13,16H,3-7,18H2,1-2H3. The van der Waals surface area contributed by atoms with Crippen molar-refractivity contribution in [2.24, 2.45) is 17.6 Å². The molecule has 0 amide bonds. The summed E-state index contributed by atoms with van der Waals surface area (Å²) in [4.78, 5) is 0. The fourth-order valence-electron chi connectivity index (χ4n) is 3.41. The highest BCUT2D eigenvalue weighted by Crippen LogP contribution is 2.41. The predicted octanol–water partition coefficient (Wildman–Crippen LogP) is 4.56. The lowest BCUT2D eigenvalue weighted by atomic mass is 9.72. The zero-order valence-electron chi connectivity index (χ0n) is 11.9. The molecule has 3 unspecified atom stereocenters. The molecule has 0 bridgehead atoms. The van der Waals surface area contributed by atoms with Crippen LogP contribution in [-0.2, 0) is 0 Å². The van der Waals surface area contributed by atoms with E-state index >= 15 is 0 Å². The summed E-state index contributed by atoms with van der Waals surface area (Å²) < 4.78 is 5.44. The molecule has 2 rings (SSSR count). The molecule has 0 saturated heterocycles. The summed E-state index contributed by atoms with van der Waals surface area (Å²) in [6.45, 7) is 2.27. The highest BCUT2D eigenvalue weighted by Gasteiger charge is 2.31. The summed E-state index contributed by atoms with van der Waals surface area (Å²) in [5, 5.41) is 0.732. The lowest BCUT2D eigenvalue weighted by Crippen LogP contribution is -2.30. The highest BCUT2D eigenvalue weighted by molar-refractivity contribution is 6.30. The Morgan fingerprint density at radius 1 is 1.37 bits per heavy atom. The van der Waals surface area contributed by atoms with Crippen molar-refractivity contribution in [1.82, 2.24) is 0 Å². The third-order valence-electron chi connectivity index (χ3n) is 4.50. The largest absolute Gasteiger partial charge is 0.496 e. The Morgan fingerprint density at radius 3 is 2.79 bits per heavy atom. The third-order valence-corrected chi connectivity index (χ3v) is 4.74. The molecule has 3 heteroatoms. The second-order valence-corrected chi connectivity index (χ2v) is 5.97. The molecule has 2 nitrogen and oxygen atoms in total. The number of hydrogen-bond donors (Lipinski definition) is 1. The Kier molecular flexibility index (Phi) is 5.12. The van der Waals surface area contributed by atoms with Gasteiger partial charge < -0.3 is 10.5 Å². The number of ether oxygens (including phenoxy) is 1. The number of benzene rings is 1. The van der Waals surface area contributed by atoms with Gasteiger partial charge >= 0.3 is 0 Å². The van der Waals surface area contributed by atoms with Crippen molar-refractivity contribution >= 4 is 11.6 Å². The number of halogens is 1. The zero-order chi connectivity index (χ0) is 13.8. The minimum atomic E-state index is 0.0268. The summed E-state index contributed by atoms with van der Waals surface area (Å²) in [5.41, 5.74) is 7.60. The van der Waals surface area contributed by atoms with E-state index in [0.29, 0.717) is 5.92 Å². The Morgan fingerprint density at radius 2 is 2.11 bits per heavy atom. The van der Waals surface area contributed by atoms with Crippen LogP contribution < -0.4 is 10.5 Å². The number of rotatable bonds is 4. The van der Waals surface area contributed by atoms with E-state index in [1.165, 1.54) is 32.1 Å². The van der Waals surface area contributed by atoms with E-state index in [2.05, 4.69) is 6.92 Å². The van der Waals surface area contributed by atoms with Crippen molar-refractivity contribution in [3.05, 3.63) is 28.8 Å². The van der Waals surface area contributed by atoms with Gasteiger partial charge in [0, 0.05) is 16.6 Å². The lowest BCUT2D eigenvalue weighted by Gasteiger charge is -2.35. The van der Waals surface area contributed by atoms with E-state index in [0.717, 1.165) is 22.3 Å². The maximum absolute atomic E-state index is 6.54. The summed E-state index contributed by atoms with van der Waals surface area (Å²) in [6, 6.07) is 5.77. The van der Waals surface area contributed by atoms with Gasteiger partial charge in [0.1, 0.15) is 5.75 Å². The van der Waals surface area contributed by atoms with Crippen LogP contribution in [0.2, 0.25) is 5.02 Å². The molecule has 0 aromatic heterocycles. The molecule has 1 saturated carbocycles. The number of nitrogens with two attached hydrogens (primary N) is 1. The lowest BCUT2D eigenvalue weighted by molar-refractivity contribution is 0.194. The maximum Gasteiger partial charge on any atom is 0.123 e. The third kappa shape index (κ3) is 3.24. The number of methoxy groups -OCH3 is 1. The second kappa shape index (κ2) is 6.62. The first-order chi connectivity index (χ1) is 9.17. The van der Waals surface area contributed by atoms with Gasteiger partial charge in [0.05, 0.1) is 7.11 Å². The molecule has 0 heterocycles. The van der Waals surface area contributed by atoms with Gasteiger partial charge in [-0.1, -0.05) is 44.2 Å². The molecule has 1 aromatic rings. The van der Waals surface area contributed by atoms with Crippen LogP contribution in [0.5, 0.6) is 5.75 Å². The Bertz CT molecular complexity index is 421. The van der Waals surface area contributed by atoms with Crippen LogP contribution >= 0.6 is 11.6 Å². The summed E-state index contributed by atoms with van der Waals surface area (Å²) >= 11 is 6.12. The van der Waals surface area contributed by atoms with Crippen LogP contribution in [0.15, 0.2) is 18.2 Å². The summed E-state index contributed by atoms with van der Waals surface area (Å²) in [7, 11) is 1.69. The van der Waals surface area contributed by atoms with Crippen molar-refractivity contribution in [1.29, 1.82) is 0 Å². The first-order valence-corrected chi connectivity index (χ1v) is 7.64. The average molecular weight is 282 g/mol. The van der Waals surface area contributed by atoms with E-state index in [-0.39, 0.29) is 6.04 Å². The molecule has 106 valence electrons. The molecule has 2 N–H and O–H groups in total. The monoisotopic (exact) mass is 281 g/mol. The molecule has 0 aliphatic heterocycles. The van der Waals surface area contributed by atoms with E-state index in [9.17, 15) is 0 Å². The van der Waals surface area contributed by atoms with Crippen LogP contribution in [0.25, 0.3) is 0 Å². The molecule has 0 spiro atoms. The smallest absolute Gasteiger partial charge is 0.123 e. The molecule has 1 fully saturated rings. The van der Waals surface area contributed by atoms with Gasteiger partial charge in [-0.2, -0.15) is 0 Å². The fourth-order valence-corrected chi connectivity index (χ4v) is 3.59. The van der Waals surface area contributed by atoms with Gasteiger partial charge in [-0.05, 0) is 36.5 Å². The zero-order valence-corrected chi connectivity index (χ0v) is 12.6. The Hall–Kier alpha value is -0.730. The highest BCUT2D eigenvalue weighted by atomic mass is 35.5. The molecule has 1 aliphatic rings. The predicted molar refractivity (Wildman–Crippen MR) is 80.7 cm³/mol. The van der Waals surface area contributed by atoms with Crippen LogP contribution in [0.4, 0.5) is 0 Å². The topological polar surface area (TPSA) is 35.2 Å². The summed E-state index contributed by atoms with van der Waals surface area (Å²) in [6.07, 6.45) is 6.36. The number of hydrogen-bond acceptors (Lipinski definition) is 2. The normalized spacial score (nSPS) is 25.1. The van der Waals surface area contributed by atoms with Gasteiger partial charge in [-0.25, -0.2) is 0 Å². The maximum atomic E-state index is 6.54. The van der Waals surface area contributed by atoms with Crippen LogP contribution in [0, 0.1) is 11.8 Å².